The van der Waals surface area contributed by atoms with Gasteiger partial charge in [0.1, 0.15) is 5.82 Å². The molecule has 2 aromatic carbocycles. The number of nitrogens with one attached hydrogen (secondary N) is 2. The lowest BCUT2D eigenvalue weighted by Gasteiger charge is -2.08. The van der Waals surface area contributed by atoms with Crippen LogP contribution in [0.4, 0.5) is 5.82 Å². The molecular weight excluding hydrogens is 346 g/mol. The van der Waals surface area contributed by atoms with Crippen molar-refractivity contribution in [2.75, 3.05) is 18.4 Å². The van der Waals surface area contributed by atoms with Crippen LogP contribution >= 0.6 is 0 Å². The molecule has 0 spiro atoms. The highest BCUT2D eigenvalue weighted by atomic mass is 16.1. The summed E-state index contributed by atoms with van der Waals surface area (Å²) in [6.45, 7) is 1.51. The van der Waals surface area contributed by atoms with Gasteiger partial charge >= 0.3 is 0 Å². The standard InChI is InChI=1S/C24H27N3O/c28-24(26-18-8-14-21-11-5-2-6-12-21)22-15-16-23(27-19-22)25-17-7-13-20-9-3-1-4-10-20/h1-6,9-12,15-16,19H,7-8,13-14,17-18H2,(H,25,27)(H,26,28). The Hall–Kier alpha value is -3.14. The first-order chi connectivity index (χ1) is 13.8. The zero-order chi connectivity index (χ0) is 19.4. The second-order valence-electron chi connectivity index (χ2n) is 6.79. The van der Waals surface area contributed by atoms with Crippen molar-refractivity contribution in [2.45, 2.75) is 25.7 Å². The van der Waals surface area contributed by atoms with Crippen molar-refractivity contribution in [1.82, 2.24) is 10.3 Å². The predicted molar refractivity (Wildman–Crippen MR) is 115 cm³/mol. The van der Waals surface area contributed by atoms with Crippen LogP contribution in [0.15, 0.2) is 79.0 Å². The van der Waals surface area contributed by atoms with E-state index in [0.717, 1.165) is 38.0 Å². The second-order valence-corrected chi connectivity index (χ2v) is 6.79. The van der Waals surface area contributed by atoms with Gasteiger partial charge in [0, 0.05) is 19.3 Å². The zero-order valence-electron chi connectivity index (χ0n) is 16.1. The molecule has 0 aliphatic rings. The molecule has 0 saturated heterocycles. The minimum Gasteiger partial charge on any atom is -0.370 e. The Labute approximate surface area is 167 Å². The summed E-state index contributed by atoms with van der Waals surface area (Å²) in [5.41, 5.74) is 3.23. The van der Waals surface area contributed by atoms with Gasteiger partial charge in [-0.15, -0.1) is 0 Å². The fourth-order valence-electron chi connectivity index (χ4n) is 3.03. The van der Waals surface area contributed by atoms with Crippen molar-refractivity contribution in [3.05, 3.63) is 95.7 Å². The van der Waals surface area contributed by atoms with Crippen LogP contribution in [0, 0.1) is 0 Å². The van der Waals surface area contributed by atoms with E-state index in [1.807, 2.05) is 36.4 Å². The molecule has 0 bridgehead atoms. The minimum atomic E-state index is -0.0730. The molecule has 0 unspecified atom stereocenters. The molecule has 28 heavy (non-hydrogen) atoms. The van der Waals surface area contributed by atoms with Gasteiger partial charge in [0.15, 0.2) is 0 Å². The van der Waals surface area contributed by atoms with Crippen molar-refractivity contribution < 1.29 is 4.79 Å². The number of rotatable bonds is 10. The monoisotopic (exact) mass is 373 g/mol. The summed E-state index contributed by atoms with van der Waals surface area (Å²) in [6, 6.07) is 24.4. The van der Waals surface area contributed by atoms with Crippen molar-refractivity contribution in [2.24, 2.45) is 0 Å². The summed E-state index contributed by atoms with van der Waals surface area (Å²) in [4.78, 5) is 16.6. The Morgan fingerprint density at radius 2 is 1.36 bits per heavy atom. The van der Waals surface area contributed by atoms with Gasteiger partial charge in [0.2, 0.25) is 0 Å². The summed E-state index contributed by atoms with van der Waals surface area (Å²) in [5.74, 6) is 0.727. The van der Waals surface area contributed by atoms with Crippen LogP contribution in [-0.4, -0.2) is 24.0 Å². The Balaban J connectivity index is 1.34. The fourth-order valence-corrected chi connectivity index (χ4v) is 3.03. The van der Waals surface area contributed by atoms with Crippen molar-refractivity contribution in [3.63, 3.8) is 0 Å². The van der Waals surface area contributed by atoms with Gasteiger partial charge in [-0.25, -0.2) is 4.98 Å². The number of nitrogens with zero attached hydrogens (tertiary/aromatic N) is 1. The number of benzene rings is 2. The Bertz CT molecular complexity index is 833. The van der Waals surface area contributed by atoms with Crippen molar-refractivity contribution in [1.29, 1.82) is 0 Å². The first-order valence-electron chi connectivity index (χ1n) is 9.87. The van der Waals surface area contributed by atoms with Gasteiger partial charge in [0.25, 0.3) is 5.91 Å². The van der Waals surface area contributed by atoms with E-state index < -0.39 is 0 Å². The molecule has 3 aromatic rings. The molecule has 1 heterocycles. The molecule has 1 amide bonds. The number of pyridine rings is 1. The Kier molecular flexibility index (Phi) is 7.62. The average molecular weight is 374 g/mol. The third-order valence-electron chi connectivity index (χ3n) is 4.59. The number of carbonyl (C=O) groups excluding carboxylic acids is 1. The van der Waals surface area contributed by atoms with Crippen LogP contribution < -0.4 is 10.6 Å². The molecule has 4 heteroatoms. The smallest absolute Gasteiger partial charge is 0.252 e. The zero-order valence-corrected chi connectivity index (χ0v) is 16.1. The quantitative estimate of drug-likeness (QED) is 0.515. The first kappa shape index (κ1) is 19.6. The highest BCUT2D eigenvalue weighted by Gasteiger charge is 2.05. The lowest BCUT2D eigenvalue weighted by Crippen LogP contribution is -2.24. The SMILES string of the molecule is O=C(NCCCc1ccccc1)c1ccc(NCCCc2ccccc2)nc1. The molecule has 0 radical (unpaired) electrons. The number of hydrogen-bond acceptors (Lipinski definition) is 3. The van der Waals surface area contributed by atoms with Gasteiger partial charge in [-0.2, -0.15) is 0 Å². The van der Waals surface area contributed by atoms with Crippen molar-refractivity contribution >= 4 is 11.7 Å². The van der Waals surface area contributed by atoms with E-state index in [1.165, 1.54) is 11.1 Å². The van der Waals surface area contributed by atoms with Gasteiger partial charge in [-0.3, -0.25) is 4.79 Å². The maximum Gasteiger partial charge on any atom is 0.252 e. The summed E-state index contributed by atoms with van der Waals surface area (Å²) in [5, 5.41) is 6.27. The van der Waals surface area contributed by atoms with E-state index >= 15 is 0 Å². The molecule has 2 N–H and O–H groups in total. The second kappa shape index (κ2) is 10.9. The highest BCUT2D eigenvalue weighted by Crippen LogP contribution is 2.07. The third-order valence-corrected chi connectivity index (χ3v) is 4.59. The summed E-state index contributed by atoms with van der Waals surface area (Å²) in [6.07, 6.45) is 5.59. The van der Waals surface area contributed by atoms with E-state index in [0.29, 0.717) is 12.1 Å². The lowest BCUT2D eigenvalue weighted by molar-refractivity contribution is 0.0953. The van der Waals surface area contributed by atoms with E-state index in [-0.39, 0.29) is 5.91 Å². The number of hydrogen-bond donors (Lipinski definition) is 2. The number of aryl methyl sites for hydroxylation is 2. The molecule has 3 rings (SSSR count). The third kappa shape index (κ3) is 6.54. The number of carbonyl (C=O) groups is 1. The van der Waals surface area contributed by atoms with E-state index in [4.69, 9.17) is 0 Å². The minimum absolute atomic E-state index is 0.0730. The molecule has 144 valence electrons. The highest BCUT2D eigenvalue weighted by molar-refractivity contribution is 5.94. The topological polar surface area (TPSA) is 54.0 Å². The van der Waals surface area contributed by atoms with Crippen LogP contribution in [0.3, 0.4) is 0 Å². The van der Waals surface area contributed by atoms with Gasteiger partial charge in [-0.05, 0) is 48.9 Å². The maximum absolute atomic E-state index is 12.2. The van der Waals surface area contributed by atoms with Crippen LogP contribution in [0.2, 0.25) is 0 Å². The molecule has 0 fully saturated rings. The molecule has 0 saturated carbocycles. The number of anilines is 1. The molecule has 0 aliphatic carbocycles. The summed E-state index contributed by atoms with van der Waals surface area (Å²) >= 11 is 0. The Morgan fingerprint density at radius 1 is 0.750 bits per heavy atom. The molecule has 0 atom stereocenters. The fraction of sp³-hybridized carbons (Fsp3) is 0.250. The molecule has 4 nitrogen and oxygen atoms in total. The molecule has 1 aromatic heterocycles. The van der Waals surface area contributed by atoms with Gasteiger partial charge in [-0.1, -0.05) is 60.7 Å². The first-order valence-corrected chi connectivity index (χ1v) is 9.87. The van der Waals surface area contributed by atoms with E-state index in [2.05, 4.69) is 52.0 Å². The predicted octanol–water partition coefficient (Wildman–Crippen LogP) is 4.49. The van der Waals surface area contributed by atoms with Crippen LogP contribution in [0.1, 0.15) is 34.3 Å². The molecular formula is C24H27N3O. The van der Waals surface area contributed by atoms with Crippen molar-refractivity contribution in [3.8, 4) is 0 Å². The largest absolute Gasteiger partial charge is 0.370 e. The lowest BCUT2D eigenvalue weighted by atomic mass is 10.1. The maximum atomic E-state index is 12.2. The van der Waals surface area contributed by atoms with Crippen LogP contribution in [0.5, 0.6) is 0 Å². The van der Waals surface area contributed by atoms with Crippen LogP contribution in [-0.2, 0) is 12.8 Å². The number of amides is 1. The number of aromatic nitrogens is 1. The van der Waals surface area contributed by atoms with Gasteiger partial charge < -0.3 is 10.6 Å². The van der Waals surface area contributed by atoms with E-state index in [9.17, 15) is 4.79 Å². The van der Waals surface area contributed by atoms with Crippen LogP contribution in [0.25, 0.3) is 0 Å². The Morgan fingerprint density at radius 3 is 1.93 bits per heavy atom. The van der Waals surface area contributed by atoms with E-state index in [1.54, 1.807) is 6.20 Å². The molecule has 0 aliphatic heterocycles. The average Bonchev–Trinajstić information content (AvgIpc) is 2.76. The summed E-state index contributed by atoms with van der Waals surface area (Å²) in [7, 11) is 0. The van der Waals surface area contributed by atoms with Gasteiger partial charge in [0.05, 0.1) is 5.56 Å². The summed E-state index contributed by atoms with van der Waals surface area (Å²) < 4.78 is 0. The normalized spacial score (nSPS) is 10.4.